The minimum atomic E-state index is -3.45. The van der Waals surface area contributed by atoms with E-state index in [2.05, 4.69) is 5.32 Å². The highest BCUT2D eigenvalue weighted by molar-refractivity contribution is 7.86. The van der Waals surface area contributed by atoms with Gasteiger partial charge >= 0.3 is 0 Å². The number of nitrogens with zero attached hydrogens (tertiary/aromatic N) is 1. The molecule has 0 aromatic heterocycles. The molecule has 2 aliphatic heterocycles. The summed E-state index contributed by atoms with van der Waals surface area (Å²) in [5.41, 5.74) is 0.376. The third-order valence-corrected chi connectivity index (χ3v) is 4.23. The molecule has 0 aromatic rings. The Morgan fingerprint density at radius 3 is 2.08 bits per heavy atom. The van der Waals surface area contributed by atoms with Gasteiger partial charge in [-0.15, -0.1) is 0 Å². The second kappa shape index (κ2) is 2.91. The maximum Gasteiger partial charge on any atom is 0.276 e. The zero-order chi connectivity index (χ0) is 9.53. The molecule has 76 valence electrons. The molecule has 0 bridgehead atoms. The topological polar surface area (TPSA) is 75.4 Å². The van der Waals surface area contributed by atoms with Crippen LogP contribution in [0, 0.1) is 5.41 Å². The maximum absolute atomic E-state index is 11.0. The molecule has 2 heterocycles. The third-order valence-electron chi connectivity index (χ3n) is 3.14. The van der Waals surface area contributed by atoms with Gasteiger partial charge in [-0.2, -0.15) is 12.7 Å². The maximum atomic E-state index is 11.0. The van der Waals surface area contributed by atoms with Crippen molar-refractivity contribution in [1.29, 1.82) is 0 Å². The first-order valence-electron chi connectivity index (χ1n) is 4.51. The van der Waals surface area contributed by atoms with Crippen LogP contribution in [-0.4, -0.2) is 38.9 Å². The minimum absolute atomic E-state index is 0.376. The van der Waals surface area contributed by atoms with Gasteiger partial charge < -0.3 is 5.32 Å². The Labute approximate surface area is 78.5 Å². The first-order valence-corrected chi connectivity index (χ1v) is 6.01. The summed E-state index contributed by atoms with van der Waals surface area (Å²) in [5, 5.41) is 8.27. The van der Waals surface area contributed by atoms with Crippen LogP contribution in [-0.2, 0) is 10.2 Å². The van der Waals surface area contributed by atoms with Crippen molar-refractivity contribution >= 4 is 10.2 Å². The lowest BCUT2D eigenvalue weighted by atomic mass is 9.74. The third kappa shape index (κ3) is 1.71. The second-order valence-electron chi connectivity index (χ2n) is 4.05. The molecule has 2 rings (SSSR count). The van der Waals surface area contributed by atoms with Crippen LogP contribution >= 0.6 is 0 Å². The second-order valence-corrected chi connectivity index (χ2v) is 5.59. The van der Waals surface area contributed by atoms with Crippen LogP contribution in [0.25, 0.3) is 0 Å². The van der Waals surface area contributed by atoms with Crippen molar-refractivity contribution in [2.24, 2.45) is 10.6 Å². The zero-order valence-electron chi connectivity index (χ0n) is 7.49. The lowest BCUT2D eigenvalue weighted by Crippen LogP contribution is -2.59. The van der Waals surface area contributed by atoms with E-state index in [9.17, 15) is 8.42 Å². The van der Waals surface area contributed by atoms with Gasteiger partial charge in [0.1, 0.15) is 0 Å². The van der Waals surface area contributed by atoms with E-state index in [0.717, 1.165) is 25.9 Å². The smallest absolute Gasteiger partial charge is 0.276 e. The van der Waals surface area contributed by atoms with E-state index in [1.54, 1.807) is 0 Å². The van der Waals surface area contributed by atoms with Crippen molar-refractivity contribution in [3.8, 4) is 0 Å². The number of nitrogens with one attached hydrogen (secondary N) is 1. The summed E-state index contributed by atoms with van der Waals surface area (Å²) in [6.07, 6.45) is 1.88. The van der Waals surface area contributed by atoms with Gasteiger partial charge in [0.2, 0.25) is 0 Å². The zero-order valence-corrected chi connectivity index (χ0v) is 8.31. The SMILES string of the molecule is NS(=O)(=O)N1CCC2(CC1)CNC2. The molecule has 2 saturated heterocycles. The van der Waals surface area contributed by atoms with E-state index in [-0.39, 0.29) is 0 Å². The van der Waals surface area contributed by atoms with Gasteiger partial charge in [-0.05, 0) is 18.3 Å². The average molecular weight is 205 g/mol. The fraction of sp³-hybridized carbons (Fsp3) is 1.00. The van der Waals surface area contributed by atoms with Crippen LogP contribution in [0.2, 0.25) is 0 Å². The Kier molecular flexibility index (Phi) is 2.10. The molecular weight excluding hydrogens is 190 g/mol. The van der Waals surface area contributed by atoms with E-state index in [4.69, 9.17) is 5.14 Å². The highest BCUT2D eigenvalue weighted by Crippen LogP contribution is 2.35. The number of rotatable bonds is 1. The largest absolute Gasteiger partial charge is 0.316 e. The number of piperidine rings is 1. The normalized spacial score (nSPS) is 28.7. The Morgan fingerprint density at radius 2 is 1.77 bits per heavy atom. The Balaban J connectivity index is 1.96. The summed E-state index contributed by atoms with van der Waals surface area (Å²) >= 11 is 0. The molecule has 0 saturated carbocycles. The molecule has 2 aliphatic rings. The predicted octanol–water partition coefficient (Wildman–Crippen LogP) is -1.12. The van der Waals surface area contributed by atoms with Crippen LogP contribution in [0.5, 0.6) is 0 Å². The summed E-state index contributed by atoms with van der Waals surface area (Å²) in [4.78, 5) is 0. The van der Waals surface area contributed by atoms with Crippen LogP contribution < -0.4 is 10.5 Å². The van der Waals surface area contributed by atoms with Crippen LogP contribution in [0.4, 0.5) is 0 Å². The Bertz CT molecular complexity index is 287. The monoisotopic (exact) mass is 205 g/mol. The molecular formula is C7H15N3O2S. The fourth-order valence-electron chi connectivity index (χ4n) is 2.05. The standard InChI is InChI=1S/C7H15N3O2S/c8-13(11,12)10-3-1-7(2-4-10)5-9-6-7/h9H,1-6H2,(H2,8,11,12). The molecule has 13 heavy (non-hydrogen) atoms. The first-order chi connectivity index (χ1) is 6.02. The average Bonchev–Trinajstić information content (AvgIpc) is 2.00. The fourth-order valence-corrected chi connectivity index (χ4v) is 2.74. The predicted molar refractivity (Wildman–Crippen MR) is 49.2 cm³/mol. The van der Waals surface area contributed by atoms with Gasteiger partial charge in [0.15, 0.2) is 0 Å². The first kappa shape index (κ1) is 9.39. The van der Waals surface area contributed by atoms with Gasteiger partial charge in [-0.3, -0.25) is 0 Å². The number of hydrogen-bond donors (Lipinski definition) is 2. The van der Waals surface area contributed by atoms with Crippen LogP contribution in [0.1, 0.15) is 12.8 Å². The van der Waals surface area contributed by atoms with Gasteiger partial charge in [0, 0.05) is 26.2 Å². The van der Waals surface area contributed by atoms with Crippen molar-refractivity contribution in [3.05, 3.63) is 0 Å². The van der Waals surface area contributed by atoms with Gasteiger partial charge in [-0.25, -0.2) is 5.14 Å². The summed E-state index contributed by atoms with van der Waals surface area (Å²) in [5.74, 6) is 0. The van der Waals surface area contributed by atoms with E-state index >= 15 is 0 Å². The van der Waals surface area contributed by atoms with Gasteiger partial charge in [-0.1, -0.05) is 0 Å². The molecule has 2 fully saturated rings. The quantitative estimate of drug-likeness (QED) is 0.569. The van der Waals surface area contributed by atoms with E-state index in [0.29, 0.717) is 18.5 Å². The van der Waals surface area contributed by atoms with Crippen molar-refractivity contribution in [2.45, 2.75) is 12.8 Å². The minimum Gasteiger partial charge on any atom is -0.316 e. The molecule has 0 amide bonds. The molecule has 0 unspecified atom stereocenters. The van der Waals surface area contributed by atoms with E-state index < -0.39 is 10.2 Å². The summed E-state index contributed by atoms with van der Waals surface area (Å²) in [7, 11) is -3.45. The Morgan fingerprint density at radius 1 is 1.23 bits per heavy atom. The Hall–Kier alpha value is -0.170. The highest BCUT2D eigenvalue weighted by Gasteiger charge is 2.41. The molecule has 0 aliphatic carbocycles. The molecule has 1 spiro atoms. The van der Waals surface area contributed by atoms with E-state index in [1.807, 2.05) is 0 Å². The summed E-state index contributed by atoms with van der Waals surface area (Å²) in [6, 6.07) is 0. The highest BCUT2D eigenvalue weighted by atomic mass is 32.2. The van der Waals surface area contributed by atoms with Crippen molar-refractivity contribution in [2.75, 3.05) is 26.2 Å². The van der Waals surface area contributed by atoms with Gasteiger partial charge in [0.05, 0.1) is 0 Å². The lowest BCUT2D eigenvalue weighted by Gasteiger charge is -2.47. The van der Waals surface area contributed by atoms with Crippen LogP contribution in [0.15, 0.2) is 0 Å². The summed E-state index contributed by atoms with van der Waals surface area (Å²) < 4.78 is 23.4. The van der Waals surface area contributed by atoms with Gasteiger partial charge in [0.25, 0.3) is 10.2 Å². The molecule has 5 nitrogen and oxygen atoms in total. The van der Waals surface area contributed by atoms with Crippen LogP contribution in [0.3, 0.4) is 0 Å². The van der Waals surface area contributed by atoms with Crippen molar-refractivity contribution in [1.82, 2.24) is 9.62 Å². The lowest BCUT2D eigenvalue weighted by molar-refractivity contribution is 0.0871. The number of hydrogen-bond acceptors (Lipinski definition) is 3. The number of nitrogens with two attached hydrogens (primary N) is 1. The van der Waals surface area contributed by atoms with Crippen molar-refractivity contribution < 1.29 is 8.42 Å². The molecule has 0 radical (unpaired) electrons. The molecule has 3 N–H and O–H groups in total. The summed E-state index contributed by atoms with van der Waals surface area (Å²) in [6.45, 7) is 3.23. The van der Waals surface area contributed by atoms with E-state index in [1.165, 1.54) is 4.31 Å². The molecule has 0 aromatic carbocycles. The molecule has 0 atom stereocenters. The van der Waals surface area contributed by atoms with Crippen molar-refractivity contribution in [3.63, 3.8) is 0 Å². The molecule has 6 heteroatoms.